The van der Waals surface area contributed by atoms with E-state index in [-0.39, 0.29) is 5.78 Å². The van der Waals surface area contributed by atoms with Gasteiger partial charge in [-0.05, 0) is 56.7 Å². The van der Waals surface area contributed by atoms with Crippen LogP contribution < -0.4 is 0 Å². The van der Waals surface area contributed by atoms with E-state index < -0.39 is 16.8 Å². The van der Waals surface area contributed by atoms with E-state index in [0.717, 1.165) is 36.0 Å². The lowest BCUT2D eigenvalue weighted by Crippen LogP contribution is -2.33. The molecule has 2 fully saturated rings. The summed E-state index contributed by atoms with van der Waals surface area (Å²) in [5.74, 6) is -0.623. The summed E-state index contributed by atoms with van der Waals surface area (Å²) < 4.78 is 0. The maximum Gasteiger partial charge on any atom is 0.310 e. The van der Waals surface area contributed by atoms with Gasteiger partial charge in [0, 0.05) is 11.8 Å². The van der Waals surface area contributed by atoms with E-state index >= 15 is 0 Å². The number of aliphatic carboxylic acids is 1. The molecule has 3 rings (SSSR count). The average Bonchev–Trinajstić information content (AvgIpc) is 3.15. The number of Topliss-reactive ketones (excluding diaryl/α,β-unsaturated/α-hetero) is 1. The number of carbonyl (C=O) groups excluding carboxylic acids is 1. The standard InChI is InChI=1S/C19H24O3/c1-12-8-13(2)15(14(3)9-12)10-16(20)18-6-4-5-7-19(18,11-18)17(21)22/h8-9H,4-7,10-11H2,1-3H3,(H,21,22). The van der Waals surface area contributed by atoms with Crippen molar-refractivity contribution in [1.82, 2.24) is 0 Å². The number of rotatable bonds is 4. The molecule has 0 heterocycles. The van der Waals surface area contributed by atoms with E-state index in [2.05, 4.69) is 19.1 Å². The molecule has 0 aliphatic heterocycles. The summed E-state index contributed by atoms with van der Waals surface area (Å²) >= 11 is 0. The molecule has 0 amide bonds. The SMILES string of the molecule is Cc1cc(C)c(CC(=O)C23CCCCC2(C(=O)O)C3)c(C)c1. The van der Waals surface area contributed by atoms with E-state index in [1.54, 1.807) is 0 Å². The minimum atomic E-state index is -0.766. The maximum absolute atomic E-state index is 13.0. The van der Waals surface area contributed by atoms with Crippen molar-refractivity contribution in [2.75, 3.05) is 0 Å². The minimum Gasteiger partial charge on any atom is -0.481 e. The lowest BCUT2D eigenvalue weighted by molar-refractivity contribution is -0.148. The lowest BCUT2D eigenvalue weighted by Gasteiger charge is -2.27. The molecule has 0 spiro atoms. The van der Waals surface area contributed by atoms with Crippen LogP contribution in [0.25, 0.3) is 0 Å². The second-order valence-corrected chi connectivity index (χ2v) is 7.33. The third kappa shape index (κ3) is 2.02. The maximum atomic E-state index is 13.0. The van der Waals surface area contributed by atoms with Gasteiger partial charge >= 0.3 is 5.97 Å². The van der Waals surface area contributed by atoms with Crippen LogP contribution in [0.4, 0.5) is 0 Å². The molecule has 3 heteroatoms. The van der Waals surface area contributed by atoms with Gasteiger partial charge in [0.1, 0.15) is 5.78 Å². The second kappa shape index (κ2) is 4.94. The number of ketones is 1. The zero-order chi connectivity index (χ0) is 16.1. The topological polar surface area (TPSA) is 54.4 Å². The van der Waals surface area contributed by atoms with Crippen LogP contribution in [0.15, 0.2) is 12.1 Å². The summed E-state index contributed by atoms with van der Waals surface area (Å²) in [6.45, 7) is 6.14. The highest BCUT2D eigenvalue weighted by Crippen LogP contribution is 2.72. The van der Waals surface area contributed by atoms with Crippen LogP contribution in [0.2, 0.25) is 0 Å². The van der Waals surface area contributed by atoms with Crippen LogP contribution in [0, 0.1) is 31.6 Å². The highest BCUT2D eigenvalue weighted by Gasteiger charge is 2.75. The molecule has 1 N–H and O–H groups in total. The number of hydrogen-bond acceptors (Lipinski definition) is 2. The Morgan fingerprint density at radius 1 is 1.05 bits per heavy atom. The Morgan fingerprint density at radius 3 is 2.14 bits per heavy atom. The number of hydrogen-bond donors (Lipinski definition) is 1. The van der Waals surface area contributed by atoms with Crippen LogP contribution in [0.1, 0.15) is 54.4 Å². The molecule has 22 heavy (non-hydrogen) atoms. The summed E-state index contributed by atoms with van der Waals surface area (Å²) in [7, 11) is 0. The average molecular weight is 300 g/mol. The van der Waals surface area contributed by atoms with Crippen LogP contribution in [-0.4, -0.2) is 16.9 Å². The summed E-state index contributed by atoms with van der Waals surface area (Å²) in [6, 6.07) is 4.21. The predicted octanol–water partition coefficient (Wildman–Crippen LogP) is 3.76. The Kier molecular flexibility index (Phi) is 3.42. The van der Waals surface area contributed by atoms with Crippen molar-refractivity contribution < 1.29 is 14.7 Å². The summed E-state index contributed by atoms with van der Waals surface area (Å²) in [6.07, 6.45) is 4.27. The molecule has 2 atom stereocenters. The number of benzene rings is 1. The first kappa shape index (κ1) is 15.3. The van der Waals surface area contributed by atoms with Crippen molar-refractivity contribution in [2.45, 2.75) is 59.3 Å². The number of carboxylic acids is 1. The molecule has 2 unspecified atom stereocenters. The number of fused-ring (bicyclic) bond motifs is 1. The molecule has 2 aliphatic rings. The quantitative estimate of drug-likeness (QED) is 0.921. The number of aryl methyl sites for hydroxylation is 3. The van der Waals surface area contributed by atoms with Gasteiger partial charge in [-0.3, -0.25) is 9.59 Å². The number of carbonyl (C=O) groups is 2. The minimum absolute atomic E-state index is 0.143. The highest BCUT2D eigenvalue weighted by atomic mass is 16.4. The highest BCUT2D eigenvalue weighted by molar-refractivity contribution is 5.99. The molecule has 0 saturated heterocycles. The van der Waals surface area contributed by atoms with Crippen molar-refractivity contribution in [3.05, 3.63) is 34.4 Å². The molecule has 0 radical (unpaired) electrons. The summed E-state index contributed by atoms with van der Waals surface area (Å²) in [5.41, 5.74) is 3.23. The van der Waals surface area contributed by atoms with Gasteiger partial charge in [0.15, 0.2) is 0 Å². The smallest absolute Gasteiger partial charge is 0.310 e. The fourth-order valence-corrected chi connectivity index (χ4v) is 4.69. The first-order valence-electron chi connectivity index (χ1n) is 8.16. The monoisotopic (exact) mass is 300 g/mol. The van der Waals surface area contributed by atoms with Crippen molar-refractivity contribution in [1.29, 1.82) is 0 Å². The van der Waals surface area contributed by atoms with Gasteiger partial charge in [0.2, 0.25) is 0 Å². The summed E-state index contributed by atoms with van der Waals surface area (Å²) in [5, 5.41) is 9.61. The van der Waals surface area contributed by atoms with Gasteiger partial charge in [-0.1, -0.05) is 30.5 Å². The van der Waals surface area contributed by atoms with Crippen molar-refractivity contribution in [2.24, 2.45) is 10.8 Å². The third-order valence-electron chi connectivity index (χ3n) is 5.97. The fraction of sp³-hybridized carbons (Fsp3) is 0.579. The molecule has 118 valence electrons. The first-order chi connectivity index (χ1) is 10.3. The Morgan fingerprint density at radius 2 is 1.59 bits per heavy atom. The number of carboxylic acid groups (broad SMARTS) is 1. The van der Waals surface area contributed by atoms with Gasteiger partial charge in [0.05, 0.1) is 5.41 Å². The lowest BCUT2D eigenvalue weighted by atomic mass is 9.75. The van der Waals surface area contributed by atoms with Gasteiger partial charge in [-0.25, -0.2) is 0 Å². The van der Waals surface area contributed by atoms with Crippen molar-refractivity contribution in [3.8, 4) is 0 Å². The molecule has 1 aromatic rings. The van der Waals surface area contributed by atoms with Gasteiger partial charge < -0.3 is 5.11 Å². The van der Waals surface area contributed by atoms with Crippen molar-refractivity contribution >= 4 is 11.8 Å². The Balaban J connectivity index is 1.89. The molecule has 1 aromatic carbocycles. The molecular formula is C19H24O3. The van der Waals surface area contributed by atoms with E-state index in [4.69, 9.17) is 0 Å². The summed E-state index contributed by atoms with van der Waals surface area (Å²) in [4.78, 5) is 24.7. The predicted molar refractivity (Wildman–Crippen MR) is 85.0 cm³/mol. The van der Waals surface area contributed by atoms with E-state index in [9.17, 15) is 14.7 Å². The Labute approximate surface area is 131 Å². The van der Waals surface area contributed by atoms with E-state index in [0.29, 0.717) is 19.3 Å². The van der Waals surface area contributed by atoms with Crippen LogP contribution >= 0.6 is 0 Å². The van der Waals surface area contributed by atoms with Crippen LogP contribution in [-0.2, 0) is 16.0 Å². The Bertz CT molecular complexity index is 638. The molecule has 2 saturated carbocycles. The fourth-order valence-electron chi connectivity index (χ4n) is 4.69. The largest absolute Gasteiger partial charge is 0.481 e. The first-order valence-corrected chi connectivity index (χ1v) is 8.16. The van der Waals surface area contributed by atoms with E-state index in [1.807, 2.05) is 13.8 Å². The molecular weight excluding hydrogens is 276 g/mol. The van der Waals surface area contributed by atoms with Crippen molar-refractivity contribution in [3.63, 3.8) is 0 Å². The second-order valence-electron chi connectivity index (χ2n) is 7.33. The molecule has 2 aliphatic carbocycles. The molecule has 0 bridgehead atoms. The normalized spacial score (nSPS) is 29.8. The van der Waals surface area contributed by atoms with E-state index in [1.165, 1.54) is 5.56 Å². The van der Waals surface area contributed by atoms with Gasteiger partial charge in [-0.15, -0.1) is 0 Å². The Hall–Kier alpha value is -1.64. The molecule has 3 nitrogen and oxygen atoms in total. The third-order valence-corrected chi connectivity index (χ3v) is 5.97. The molecule has 0 aromatic heterocycles. The van der Waals surface area contributed by atoms with Gasteiger partial charge in [-0.2, -0.15) is 0 Å². The van der Waals surface area contributed by atoms with Crippen LogP contribution in [0.3, 0.4) is 0 Å². The zero-order valence-corrected chi connectivity index (χ0v) is 13.7. The van der Waals surface area contributed by atoms with Crippen LogP contribution in [0.5, 0.6) is 0 Å². The van der Waals surface area contributed by atoms with Gasteiger partial charge in [0.25, 0.3) is 0 Å². The zero-order valence-electron chi connectivity index (χ0n) is 13.7.